The zero-order chi connectivity index (χ0) is 89.0. The molecule has 0 saturated carbocycles. The van der Waals surface area contributed by atoms with Gasteiger partial charge in [0.05, 0.1) is 0 Å². The van der Waals surface area contributed by atoms with Crippen LogP contribution in [0, 0.1) is 6.92 Å². The summed E-state index contributed by atoms with van der Waals surface area (Å²) in [5.74, 6) is 0. The molecule has 0 radical (unpaired) electrons. The smallest absolute Gasteiger partial charge is 0.00258 e. The molecular formula is C119H180. The molecule has 10 aromatic carbocycles. The number of hydrogen-bond donors (Lipinski definition) is 0. The van der Waals surface area contributed by atoms with Crippen molar-refractivity contribution >= 4 is 10.8 Å². The van der Waals surface area contributed by atoms with E-state index in [1.807, 2.05) is 0 Å². The number of fused-ring (bicyclic) bond motifs is 1. The van der Waals surface area contributed by atoms with Crippen LogP contribution < -0.4 is 0 Å². The molecule has 0 saturated heterocycles. The van der Waals surface area contributed by atoms with Gasteiger partial charge in [-0.25, -0.2) is 0 Å². The van der Waals surface area contributed by atoms with Crippen LogP contribution >= 0.6 is 0 Å². The Balaban J connectivity index is 0.000000696. The summed E-state index contributed by atoms with van der Waals surface area (Å²) < 4.78 is 0. The quantitative estimate of drug-likeness (QED) is 0.165. The molecule has 0 nitrogen and oxygen atoms in total. The molecule has 0 heteroatoms. The highest BCUT2D eigenvalue weighted by molar-refractivity contribution is 5.84. The minimum atomic E-state index is 0. The van der Waals surface area contributed by atoms with Crippen molar-refractivity contribution in [2.75, 3.05) is 0 Å². The molecular weight excluding hydrogens is 1430 g/mol. The molecule has 656 valence electrons. The molecule has 0 aliphatic rings. The third-order valence-corrected chi connectivity index (χ3v) is 22.1. The van der Waals surface area contributed by atoms with Gasteiger partial charge in [0.1, 0.15) is 0 Å². The second-order valence-corrected chi connectivity index (χ2v) is 47.7. The van der Waals surface area contributed by atoms with Gasteiger partial charge in [0.2, 0.25) is 0 Å². The minimum Gasteiger partial charge on any atom is -0.0776 e. The van der Waals surface area contributed by atoms with E-state index < -0.39 is 0 Å². The van der Waals surface area contributed by atoms with Crippen LogP contribution in [0.2, 0.25) is 0 Å². The third kappa shape index (κ3) is 35.8. The Labute approximate surface area is 738 Å². The van der Waals surface area contributed by atoms with E-state index in [1.54, 1.807) is 0 Å². The van der Waals surface area contributed by atoms with Crippen LogP contribution in [0.5, 0.6) is 0 Å². The number of hydrogen-bond acceptors (Lipinski definition) is 0. The monoisotopic (exact) mass is 1610 g/mol. The normalized spacial score (nSPS) is 12.5. The second kappa shape index (κ2) is 42.0. The van der Waals surface area contributed by atoms with Gasteiger partial charge < -0.3 is 0 Å². The maximum absolute atomic E-state index is 2.34. The topological polar surface area (TPSA) is 0 Å². The predicted molar refractivity (Wildman–Crippen MR) is 544 cm³/mol. The number of rotatable bonds is 3. The van der Waals surface area contributed by atoms with Gasteiger partial charge >= 0.3 is 0 Å². The molecule has 0 amide bonds. The first-order valence-electron chi connectivity index (χ1n) is 43.7. The first kappa shape index (κ1) is 109. The van der Waals surface area contributed by atoms with Crippen LogP contribution in [0.3, 0.4) is 0 Å². The Morgan fingerprint density at radius 3 is 0.588 bits per heavy atom. The lowest BCUT2D eigenvalue weighted by Gasteiger charge is -2.29. The summed E-state index contributed by atoms with van der Waals surface area (Å²) in [5.41, 5.74) is 29.9. The molecule has 0 fully saturated rings. The van der Waals surface area contributed by atoms with E-state index in [0.717, 1.165) is 6.42 Å². The minimum absolute atomic E-state index is 0. The molecule has 10 rings (SSSR count). The van der Waals surface area contributed by atoms with Gasteiger partial charge in [-0.15, -0.1) is 0 Å². The van der Waals surface area contributed by atoms with E-state index in [9.17, 15) is 0 Å². The van der Waals surface area contributed by atoms with Crippen molar-refractivity contribution in [1.29, 1.82) is 0 Å². The maximum Gasteiger partial charge on any atom is -0.00258 e. The van der Waals surface area contributed by atoms with E-state index in [4.69, 9.17) is 0 Å². The highest BCUT2D eigenvalue weighted by Crippen LogP contribution is 2.38. The molecule has 0 N–H and O–H groups in total. The van der Waals surface area contributed by atoms with Crippen molar-refractivity contribution in [3.05, 3.63) is 319 Å². The Bertz CT molecular complexity index is 4370. The Morgan fingerprint density at radius 2 is 0.361 bits per heavy atom. The van der Waals surface area contributed by atoms with Gasteiger partial charge in [-0.05, 0) is 206 Å². The van der Waals surface area contributed by atoms with Crippen molar-refractivity contribution in [3.8, 4) is 11.1 Å². The lowest BCUT2D eigenvalue weighted by Crippen LogP contribution is -2.21. The summed E-state index contributed by atoms with van der Waals surface area (Å²) in [5, 5.41) is 2.69. The molecule has 119 heavy (non-hydrogen) atoms. The first-order valence-corrected chi connectivity index (χ1v) is 43.7. The van der Waals surface area contributed by atoms with Crippen molar-refractivity contribution in [2.45, 2.75) is 402 Å². The summed E-state index contributed by atoms with van der Waals surface area (Å²) in [7, 11) is 0. The Hall–Kier alpha value is -7.54. The van der Waals surface area contributed by atoms with Crippen LogP contribution in [-0.2, 0) is 82.2 Å². The zero-order valence-electron chi connectivity index (χ0n) is 82.6. The van der Waals surface area contributed by atoms with E-state index in [2.05, 4.69) is 522 Å². The van der Waals surface area contributed by atoms with Crippen LogP contribution in [-0.4, -0.2) is 0 Å². The first-order chi connectivity index (χ1) is 52.3. The summed E-state index contributed by atoms with van der Waals surface area (Å²) in [6, 6.07) is 83.2. The molecule has 0 aliphatic heterocycles. The summed E-state index contributed by atoms with van der Waals surface area (Å²) in [6.45, 7) is 97.2. The Morgan fingerprint density at radius 1 is 0.160 bits per heavy atom. The third-order valence-electron chi connectivity index (χ3n) is 22.1. The number of benzene rings is 10. The number of aryl methyl sites for hydroxylation is 1. The van der Waals surface area contributed by atoms with Gasteiger partial charge in [0.15, 0.2) is 0 Å². The molecule has 10 aromatic rings. The average Bonchev–Trinajstić information content (AvgIpc) is 0.806. The lowest BCUT2D eigenvalue weighted by atomic mass is 9.75. The van der Waals surface area contributed by atoms with E-state index >= 15 is 0 Å². The van der Waals surface area contributed by atoms with Crippen molar-refractivity contribution in [1.82, 2.24) is 0 Å². The van der Waals surface area contributed by atoms with E-state index in [1.165, 1.54) is 116 Å². The van der Waals surface area contributed by atoms with Crippen molar-refractivity contribution in [3.63, 3.8) is 0 Å². The molecule has 0 spiro atoms. The summed E-state index contributed by atoms with van der Waals surface area (Å²) in [4.78, 5) is 0. The summed E-state index contributed by atoms with van der Waals surface area (Å²) in [6.07, 6.45) is 1.01. The molecule has 0 unspecified atom stereocenters. The Kier molecular flexibility index (Phi) is 38.7. The highest BCUT2D eigenvalue weighted by atomic mass is 14.3. The molecule has 0 aliphatic carbocycles. The molecule has 0 heterocycles. The van der Waals surface area contributed by atoms with Crippen LogP contribution in [0.4, 0.5) is 0 Å². The molecule has 0 bridgehead atoms. The highest BCUT2D eigenvalue weighted by Gasteiger charge is 2.27. The molecule has 0 aromatic heterocycles. The predicted octanol–water partition coefficient (Wildman–Crippen LogP) is 36.6. The fourth-order valence-electron chi connectivity index (χ4n) is 13.7. The average molecular weight is 1610 g/mol. The van der Waals surface area contributed by atoms with E-state index in [0.29, 0.717) is 0 Å². The lowest BCUT2D eigenvalue weighted by molar-refractivity contribution is 0.530. The second-order valence-electron chi connectivity index (χ2n) is 47.7. The van der Waals surface area contributed by atoms with Gasteiger partial charge in [-0.3, -0.25) is 0 Å². The van der Waals surface area contributed by atoms with Crippen LogP contribution in [0.15, 0.2) is 224 Å². The van der Waals surface area contributed by atoms with Crippen LogP contribution in [0.1, 0.15) is 408 Å². The van der Waals surface area contributed by atoms with Crippen molar-refractivity contribution in [2.24, 2.45) is 0 Å². The van der Waals surface area contributed by atoms with Gasteiger partial charge in [0.25, 0.3) is 0 Å². The summed E-state index contributed by atoms with van der Waals surface area (Å²) >= 11 is 0. The van der Waals surface area contributed by atoms with Gasteiger partial charge in [-0.2, -0.15) is 0 Å². The van der Waals surface area contributed by atoms with Gasteiger partial charge in [-0.1, -0.05) is 538 Å². The fourth-order valence-corrected chi connectivity index (χ4v) is 13.7. The van der Waals surface area contributed by atoms with Crippen LogP contribution in [0.25, 0.3) is 21.9 Å². The molecule has 0 atom stereocenters. The van der Waals surface area contributed by atoms with Gasteiger partial charge in [0, 0.05) is 0 Å². The standard InChI is InChI=1S/C21H28.C20H26.C18H24.C15H24.3C14H22.3CH4/c1-20(2,3)18-11-7-16(8-12-18)15-17-9-13-19(14-10-17)21(4,5)6;1-19(2,3)17-11-7-15(8-12-17)16-9-13-18(14-10-16)20(4,5)6;1-17(2,3)15-9-7-13-8-10-16(18(4,5)6)12-14(13)11-15;1-11-10-12(14(2,3)4)8-9-13(11)15(5,6)7;1-13(2,3)11-7-9-12(10-8-11)14(4,5)6;1-13(2,3)11-8-7-9-12(10-11)14(4,5)6;1-13(2,3)11-9-7-8-10-12(11)14(4,5)6;;;/h7-14H,15H2,1-6H3;7-14H,1-6H3;7-12H,1-6H3;8-10H,1-7H3;3*7-10H,1-6H3;3*1H4. The largest absolute Gasteiger partial charge is 0.0776 e. The zero-order valence-corrected chi connectivity index (χ0v) is 82.6. The fraction of sp³-hybridized carbons (Fsp3) is 0.513. The van der Waals surface area contributed by atoms with Crippen molar-refractivity contribution < 1.29 is 0 Å². The maximum atomic E-state index is 2.34. The van der Waals surface area contributed by atoms with E-state index in [-0.39, 0.29) is 98.1 Å². The SMILES string of the molecule is C.C.C.CC(C)(C)c1ccc(-c2ccc(C(C)(C)C)cc2)cc1.CC(C)(C)c1ccc(C(C)(C)C)cc1.CC(C)(C)c1ccc(Cc2ccc(C(C)(C)C)cc2)cc1.CC(C)(C)c1ccc2ccc(C(C)(C)C)cc2c1.CC(C)(C)c1cccc(C(C)(C)C)c1.CC(C)(C)c1ccccc1C(C)(C)C.Cc1cc(C(C)(C)C)ccc1C(C)(C)C.